The van der Waals surface area contributed by atoms with Crippen LogP contribution < -0.4 is 4.74 Å². The van der Waals surface area contributed by atoms with E-state index in [1.165, 1.54) is 6.07 Å². The second kappa shape index (κ2) is 5.96. The zero-order valence-electron chi connectivity index (χ0n) is 10.6. The fourth-order valence-electron chi connectivity index (χ4n) is 1.62. The number of benzene rings is 1. The number of hydrogen-bond acceptors (Lipinski definition) is 3. The zero-order valence-corrected chi connectivity index (χ0v) is 10.6. The van der Waals surface area contributed by atoms with E-state index in [2.05, 4.69) is 4.98 Å². The SMILES string of the molecule is CCc1cccc(OCc2ccc(C#N)cc2F)n1. The zero-order chi connectivity index (χ0) is 13.7. The van der Waals surface area contributed by atoms with Gasteiger partial charge in [-0.25, -0.2) is 9.37 Å². The third kappa shape index (κ3) is 3.29. The van der Waals surface area contributed by atoms with E-state index in [0.29, 0.717) is 17.0 Å². The predicted molar refractivity (Wildman–Crippen MR) is 69.1 cm³/mol. The van der Waals surface area contributed by atoms with E-state index in [1.807, 2.05) is 25.1 Å². The van der Waals surface area contributed by atoms with Crippen molar-refractivity contribution in [3.05, 3.63) is 59.0 Å². The van der Waals surface area contributed by atoms with Gasteiger partial charge in [-0.2, -0.15) is 5.26 Å². The molecule has 1 aromatic heterocycles. The molecule has 19 heavy (non-hydrogen) atoms. The normalized spacial score (nSPS) is 9.95. The highest BCUT2D eigenvalue weighted by Gasteiger charge is 2.05. The Morgan fingerprint density at radius 3 is 2.84 bits per heavy atom. The van der Waals surface area contributed by atoms with Crippen LogP contribution in [0.15, 0.2) is 36.4 Å². The molecule has 0 saturated heterocycles. The summed E-state index contributed by atoms with van der Waals surface area (Å²) in [4.78, 5) is 4.27. The van der Waals surface area contributed by atoms with Gasteiger partial charge in [0.15, 0.2) is 0 Å². The van der Waals surface area contributed by atoms with Crippen LogP contribution in [0.3, 0.4) is 0 Å². The van der Waals surface area contributed by atoms with Crippen LogP contribution in [0.25, 0.3) is 0 Å². The summed E-state index contributed by atoms with van der Waals surface area (Å²) in [6, 6.07) is 11.7. The Kier molecular flexibility index (Phi) is 4.09. The van der Waals surface area contributed by atoms with Gasteiger partial charge in [0.25, 0.3) is 0 Å². The highest BCUT2D eigenvalue weighted by atomic mass is 19.1. The van der Waals surface area contributed by atoms with Crippen molar-refractivity contribution in [3.8, 4) is 11.9 Å². The number of halogens is 1. The molecule has 0 amide bonds. The van der Waals surface area contributed by atoms with Crippen LogP contribution >= 0.6 is 0 Å². The molecule has 2 aromatic rings. The minimum absolute atomic E-state index is 0.0949. The molecule has 1 aromatic carbocycles. The Morgan fingerprint density at radius 2 is 2.16 bits per heavy atom. The molecule has 0 radical (unpaired) electrons. The lowest BCUT2D eigenvalue weighted by atomic mass is 10.1. The lowest BCUT2D eigenvalue weighted by molar-refractivity contribution is 0.287. The number of aromatic nitrogens is 1. The molecule has 4 heteroatoms. The standard InChI is InChI=1S/C15H13FN2O/c1-2-13-4-3-5-15(18-13)19-10-12-7-6-11(9-17)8-14(12)16/h3-8H,2,10H2,1H3. The lowest BCUT2D eigenvalue weighted by Gasteiger charge is -2.07. The summed E-state index contributed by atoms with van der Waals surface area (Å²) in [6.45, 7) is 2.10. The van der Waals surface area contributed by atoms with Gasteiger partial charge in [0, 0.05) is 17.3 Å². The van der Waals surface area contributed by atoms with Crippen molar-refractivity contribution in [2.24, 2.45) is 0 Å². The van der Waals surface area contributed by atoms with E-state index >= 15 is 0 Å². The number of nitrogens with zero attached hydrogens (tertiary/aromatic N) is 2. The Hall–Kier alpha value is -2.41. The van der Waals surface area contributed by atoms with E-state index in [0.717, 1.165) is 12.1 Å². The van der Waals surface area contributed by atoms with Crippen molar-refractivity contribution in [2.75, 3.05) is 0 Å². The number of aryl methyl sites for hydroxylation is 1. The average molecular weight is 256 g/mol. The van der Waals surface area contributed by atoms with Crippen molar-refractivity contribution in [2.45, 2.75) is 20.0 Å². The summed E-state index contributed by atoms with van der Waals surface area (Å²) in [5, 5.41) is 8.66. The van der Waals surface area contributed by atoms with Gasteiger partial charge in [0.05, 0.1) is 11.6 Å². The van der Waals surface area contributed by atoms with Crippen LogP contribution in [0.1, 0.15) is 23.7 Å². The van der Waals surface area contributed by atoms with E-state index in [9.17, 15) is 4.39 Å². The molecular weight excluding hydrogens is 243 g/mol. The Bertz CT molecular complexity index is 620. The van der Waals surface area contributed by atoms with Gasteiger partial charge in [-0.15, -0.1) is 0 Å². The lowest BCUT2D eigenvalue weighted by Crippen LogP contribution is -2.01. The quantitative estimate of drug-likeness (QED) is 0.843. The fraction of sp³-hybridized carbons (Fsp3) is 0.200. The number of rotatable bonds is 4. The second-order valence-corrected chi connectivity index (χ2v) is 4.03. The molecule has 0 aliphatic carbocycles. The summed E-state index contributed by atoms with van der Waals surface area (Å²) >= 11 is 0. The van der Waals surface area contributed by atoms with E-state index < -0.39 is 5.82 Å². The minimum Gasteiger partial charge on any atom is -0.473 e. The smallest absolute Gasteiger partial charge is 0.213 e. The van der Waals surface area contributed by atoms with Crippen LogP contribution in [0.2, 0.25) is 0 Å². The maximum atomic E-state index is 13.6. The maximum absolute atomic E-state index is 13.6. The first-order valence-electron chi connectivity index (χ1n) is 6.00. The predicted octanol–water partition coefficient (Wildman–Crippen LogP) is 3.23. The van der Waals surface area contributed by atoms with E-state index in [1.54, 1.807) is 18.2 Å². The Morgan fingerprint density at radius 1 is 1.32 bits per heavy atom. The molecule has 3 nitrogen and oxygen atoms in total. The molecule has 0 atom stereocenters. The summed E-state index contributed by atoms with van der Waals surface area (Å²) in [5.41, 5.74) is 1.63. The number of nitriles is 1. The highest BCUT2D eigenvalue weighted by Crippen LogP contribution is 2.14. The van der Waals surface area contributed by atoms with Gasteiger partial charge in [-0.1, -0.05) is 19.1 Å². The van der Waals surface area contributed by atoms with Crippen LogP contribution in [-0.4, -0.2) is 4.98 Å². The van der Waals surface area contributed by atoms with Gasteiger partial charge in [-0.05, 0) is 24.6 Å². The third-order valence-corrected chi connectivity index (χ3v) is 2.70. The minimum atomic E-state index is -0.439. The molecule has 96 valence electrons. The number of pyridine rings is 1. The van der Waals surface area contributed by atoms with Crippen molar-refractivity contribution < 1.29 is 9.13 Å². The Balaban J connectivity index is 2.08. The molecule has 0 unspecified atom stereocenters. The molecule has 0 spiro atoms. The average Bonchev–Trinajstić information content (AvgIpc) is 2.46. The number of ether oxygens (including phenoxy) is 1. The summed E-state index contributed by atoms with van der Waals surface area (Å²) < 4.78 is 19.1. The van der Waals surface area contributed by atoms with Crippen LogP contribution in [0.5, 0.6) is 5.88 Å². The van der Waals surface area contributed by atoms with Gasteiger partial charge in [0.2, 0.25) is 5.88 Å². The van der Waals surface area contributed by atoms with Gasteiger partial charge in [-0.3, -0.25) is 0 Å². The van der Waals surface area contributed by atoms with Gasteiger partial charge >= 0.3 is 0 Å². The maximum Gasteiger partial charge on any atom is 0.213 e. The second-order valence-electron chi connectivity index (χ2n) is 4.03. The largest absolute Gasteiger partial charge is 0.473 e. The molecule has 0 fully saturated rings. The summed E-state index contributed by atoms with van der Waals surface area (Å²) in [5.74, 6) is 0.0359. The summed E-state index contributed by atoms with van der Waals surface area (Å²) in [6.07, 6.45) is 0.822. The molecule has 0 aliphatic rings. The van der Waals surface area contributed by atoms with Gasteiger partial charge < -0.3 is 4.74 Å². The number of hydrogen-bond donors (Lipinski definition) is 0. The first-order chi connectivity index (χ1) is 9.22. The van der Waals surface area contributed by atoms with Gasteiger partial charge in [0.1, 0.15) is 12.4 Å². The topological polar surface area (TPSA) is 45.9 Å². The fourth-order valence-corrected chi connectivity index (χ4v) is 1.62. The van der Waals surface area contributed by atoms with Crippen molar-refractivity contribution >= 4 is 0 Å². The molecule has 1 heterocycles. The van der Waals surface area contributed by atoms with E-state index in [-0.39, 0.29) is 6.61 Å². The molecule has 0 saturated carbocycles. The molecule has 0 aliphatic heterocycles. The molecular formula is C15H13FN2O. The van der Waals surface area contributed by atoms with Crippen LogP contribution in [-0.2, 0) is 13.0 Å². The molecule has 0 bridgehead atoms. The molecule has 2 rings (SSSR count). The van der Waals surface area contributed by atoms with Crippen molar-refractivity contribution in [1.82, 2.24) is 4.98 Å². The van der Waals surface area contributed by atoms with Crippen LogP contribution in [0.4, 0.5) is 4.39 Å². The summed E-state index contributed by atoms with van der Waals surface area (Å²) in [7, 11) is 0. The van der Waals surface area contributed by atoms with Crippen molar-refractivity contribution in [1.29, 1.82) is 5.26 Å². The molecule has 0 N–H and O–H groups in total. The highest BCUT2D eigenvalue weighted by molar-refractivity contribution is 5.32. The third-order valence-electron chi connectivity index (χ3n) is 2.70. The Labute approximate surface area is 111 Å². The first-order valence-corrected chi connectivity index (χ1v) is 6.00. The first kappa shape index (κ1) is 13.0. The van der Waals surface area contributed by atoms with E-state index in [4.69, 9.17) is 10.00 Å². The monoisotopic (exact) mass is 256 g/mol. The van der Waals surface area contributed by atoms with Crippen molar-refractivity contribution in [3.63, 3.8) is 0 Å². The van der Waals surface area contributed by atoms with Crippen LogP contribution in [0, 0.1) is 17.1 Å².